The number of hydrogen-bond acceptors (Lipinski definition) is 5. The molecule has 2 aromatic carbocycles. The average Bonchev–Trinajstić information content (AvgIpc) is 3.50. The number of methoxy groups -OCH3 is 1. The fraction of sp³-hybridized carbons (Fsp3) is 0.310. The van der Waals surface area contributed by atoms with Crippen molar-refractivity contribution in [2.45, 2.75) is 52.4 Å². The van der Waals surface area contributed by atoms with E-state index in [4.69, 9.17) is 9.84 Å². The second kappa shape index (κ2) is 10.4. The highest BCUT2D eigenvalue weighted by atomic mass is 19.1. The molecule has 0 unspecified atom stereocenters. The number of carbonyl (C=O) groups is 2. The molecule has 4 aromatic rings. The highest BCUT2D eigenvalue weighted by Crippen LogP contribution is 2.30. The normalized spacial score (nSPS) is 11.8. The van der Waals surface area contributed by atoms with E-state index >= 15 is 0 Å². The molecular weight excluding hydrogens is 499 g/mol. The predicted molar refractivity (Wildman–Crippen MR) is 149 cm³/mol. The Morgan fingerprint density at radius 2 is 1.38 bits per heavy atom. The van der Waals surface area contributed by atoms with E-state index in [1.165, 1.54) is 16.8 Å². The molecule has 2 heterocycles. The van der Waals surface area contributed by atoms with Crippen LogP contribution in [0.1, 0.15) is 52.9 Å². The van der Waals surface area contributed by atoms with Gasteiger partial charge in [-0.05, 0) is 48.5 Å². The minimum atomic E-state index is -0.705. The standard InChI is InChI=1S/C29H33FN6O3/c1-28(2,3)23-16-25(35(32-23)20-10-8-19(30)9-11-20)31-27(38)34(18-37)26-17-24(29(4,5)6)33-36(26)21-12-14-22(39-7)15-13-21/h8-18H,1-7H3,(H,31,38). The Bertz CT molecular complexity index is 1480. The molecule has 9 nitrogen and oxygen atoms in total. The van der Waals surface area contributed by atoms with E-state index in [-0.39, 0.29) is 22.5 Å². The van der Waals surface area contributed by atoms with Crippen LogP contribution < -0.4 is 15.0 Å². The van der Waals surface area contributed by atoms with Crippen LogP contribution in [0.5, 0.6) is 5.75 Å². The Kier molecular flexibility index (Phi) is 7.32. The minimum Gasteiger partial charge on any atom is -0.497 e. The van der Waals surface area contributed by atoms with Gasteiger partial charge in [-0.2, -0.15) is 10.2 Å². The number of ether oxygens (including phenoxy) is 1. The predicted octanol–water partition coefficient (Wildman–Crippen LogP) is 6.00. The van der Waals surface area contributed by atoms with E-state index in [0.29, 0.717) is 40.7 Å². The molecule has 2 aromatic heterocycles. The molecule has 3 amide bonds. The number of anilines is 2. The van der Waals surface area contributed by atoms with Crippen molar-refractivity contribution < 1.29 is 18.7 Å². The first-order chi connectivity index (χ1) is 18.3. The molecule has 0 aliphatic heterocycles. The zero-order valence-electron chi connectivity index (χ0n) is 23.2. The summed E-state index contributed by atoms with van der Waals surface area (Å²) in [4.78, 5) is 26.9. The second-order valence-corrected chi connectivity index (χ2v) is 11.2. The molecule has 0 radical (unpaired) electrons. The summed E-state index contributed by atoms with van der Waals surface area (Å²) >= 11 is 0. The van der Waals surface area contributed by atoms with Crippen molar-refractivity contribution in [2.75, 3.05) is 17.3 Å². The summed E-state index contributed by atoms with van der Waals surface area (Å²) in [5.41, 5.74) is 1.92. The fourth-order valence-electron chi connectivity index (χ4n) is 3.81. The third-order valence-electron chi connectivity index (χ3n) is 6.13. The van der Waals surface area contributed by atoms with Crippen LogP contribution in [-0.2, 0) is 15.6 Å². The molecule has 39 heavy (non-hydrogen) atoms. The SMILES string of the molecule is COc1ccc(-n2nc(C(C)(C)C)cc2N(C=O)C(=O)Nc2cc(C(C)(C)C)nn2-c2ccc(F)cc2)cc1. The smallest absolute Gasteiger partial charge is 0.335 e. The number of amides is 3. The zero-order valence-corrected chi connectivity index (χ0v) is 23.2. The van der Waals surface area contributed by atoms with Gasteiger partial charge in [-0.1, -0.05) is 41.5 Å². The van der Waals surface area contributed by atoms with Gasteiger partial charge >= 0.3 is 6.03 Å². The number of benzene rings is 2. The third kappa shape index (κ3) is 5.84. The van der Waals surface area contributed by atoms with Crippen LogP contribution in [0.4, 0.5) is 20.8 Å². The van der Waals surface area contributed by atoms with Gasteiger partial charge in [0.1, 0.15) is 23.2 Å². The maximum absolute atomic E-state index is 13.6. The van der Waals surface area contributed by atoms with Crippen molar-refractivity contribution in [1.82, 2.24) is 19.6 Å². The molecule has 0 saturated carbocycles. The van der Waals surface area contributed by atoms with Gasteiger partial charge in [-0.25, -0.2) is 23.4 Å². The Morgan fingerprint density at radius 1 is 0.872 bits per heavy atom. The van der Waals surface area contributed by atoms with Crippen LogP contribution in [0.3, 0.4) is 0 Å². The molecule has 0 aliphatic carbocycles. The molecule has 204 valence electrons. The lowest BCUT2D eigenvalue weighted by Crippen LogP contribution is -2.35. The second-order valence-electron chi connectivity index (χ2n) is 11.2. The molecule has 0 bridgehead atoms. The van der Waals surface area contributed by atoms with Gasteiger partial charge in [0, 0.05) is 23.0 Å². The van der Waals surface area contributed by atoms with Crippen LogP contribution in [0.15, 0.2) is 60.7 Å². The van der Waals surface area contributed by atoms with Crippen molar-refractivity contribution >= 4 is 24.1 Å². The van der Waals surface area contributed by atoms with Gasteiger partial charge in [0.2, 0.25) is 6.41 Å². The molecule has 4 rings (SSSR count). The minimum absolute atomic E-state index is 0.265. The number of rotatable bonds is 6. The summed E-state index contributed by atoms with van der Waals surface area (Å²) in [6.07, 6.45) is 0.447. The summed E-state index contributed by atoms with van der Waals surface area (Å²) in [5, 5.41) is 12.2. The van der Waals surface area contributed by atoms with E-state index in [9.17, 15) is 14.0 Å². The average molecular weight is 533 g/mol. The number of nitrogens with zero attached hydrogens (tertiary/aromatic N) is 5. The van der Waals surface area contributed by atoms with Crippen LogP contribution in [0, 0.1) is 5.82 Å². The topological polar surface area (TPSA) is 94.3 Å². The Hall–Kier alpha value is -4.47. The summed E-state index contributed by atoms with van der Waals surface area (Å²) < 4.78 is 21.9. The highest BCUT2D eigenvalue weighted by Gasteiger charge is 2.28. The molecule has 0 spiro atoms. The molecular formula is C29H33FN6O3. The van der Waals surface area contributed by atoms with E-state index in [1.54, 1.807) is 60.3 Å². The van der Waals surface area contributed by atoms with Crippen LogP contribution >= 0.6 is 0 Å². The molecule has 0 saturated heterocycles. The number of halogens is 1. The van der Waals surface area contributed by atoms with Gasteiger partial charge in [0.05, 0.1) is 29.9 Å². The van der Waals surface area contributed by atoms with Crippen molar-refractivity contribution in [3.63, 3.8) is 0 Å². The lowest BCUT2D eigenvalue weighted by molar-refractivity contribution is -0.106. The van der Waals surface area contributed by atoms with Gasteiger partial charge in [-0.3, -0.25) is 10.1 Å². The van der Waals surface area contributed by atoms with Crippen molar-refractivity contribution in [3.05, 3.63) is 77.9 Å². The van der Waals surface area contributed by atoms with E-state index in [2.05, 4.69) is 10.4 Å². The summed E-state index contributed by atoms with van der Waals surface area (Å²) in [5.74, 6) is 0.870. The number of urea groups is 1. The zero-order chi connectivity index (χ0) is 28.5. The van der Waals surface area contributed by atoms with Gasteiger partial charge in [0.25, 0.3) is 0 Å². The van der Waals surface area contributed by atoms with Gasteiger partial charge < -0.3 is 4.74 Å². The number of nitrogens with one attached hydrogen (secondary N) is 1. The lowest BCUT2D eigenvalue weighted by Gasteiger charge is -2.18. The first-order valence-electron chi connectivity index (χ1n) is 12.5. The number of hydrogen-bond donors (Lipinski definition) is 1. The molecule has 1 N–H and O–H groups in total. The van der Waals surface area contributed by atoms with Crippen molar-refractivity contribution in [1.29, 1.82) is 0 Å². The van der Waals surface area contributed by atoms with Crippen molar-refractivity contribution in [3.8, 4) is 17.1 Å². The number of carbonyl (C=O) groups excluding carboxylic acids is 2. The molecule has 10 heteroatoms. The summed E-state index contributed by atoms with van der Waals surface area (Å²) in [7, 11) is 1.58. The van der Waals surface area contributed by atoms with E-state index < -0.39 is 6.03 Å². The maximum atomic E-state index is 13.6. The molecule has 0 aliphatic rings. The maximum Gasteiger partial charge on any atom is 0.335 e. The summed E-state index contributed by atoms with van der Waals surface area (Å²) in [6.45, 7) is 12.0. The monoisotopic (exact) mass is 532 g/mol. The quantitative estimate of drug-likeness (QED) is 0.308. The molecule has 0 fully saturated rings. The first kappa shape index (κ1) is 27.6. The summed E-state index contributed by atoms with van der Waals surface area (Å²) in [6, 6.07) is 15.7. The Morgan fingerprint density at radius 3 is 1.92 bits per heavy atom. The van der Waals surface area contributed by atoms with Gasteiger partial charge in [-0.15, -0.1) is 0 Å². The third-order valence-corrected chi connectivity index (χ3v) is 6.13. The van der Waals surface area contributed by atoms with Crippen LogP contribution in [0.2, 0.25) is 0 Å². The number of imide groups is 1. The van der Waals surface area contributed by atoms with Crippen LogP contribution in [0.25, 0.3) is 11.4 Å². The number of aromatic nitrogens is 4. The van der Waals surface area contributed by atoms with Crippen LogP contribution in [-0.4, -0.2) is 39.1 Å². The van der Waals surface area contributed by atoms with Crippen molar-refractivity contribution in [2.24, 2.45) is 0 Å². The van der Waals surface area contributed by atoms with E-state index in [1.807, 2.05) is 41.5 Å². The highest BCUT2D eigenvalue weighted by molar-refractivity contribution is 6.11. The Labute approximate surface area is 227 Å². The fourth-order valence-corrected chi connectivity index (χ4v) is 3.81. The van der Waals surface area contributed by atoms with E-state index in [0.717, 1.165) is 4.90 Å². The van der Waals surface area contributed by atoms with Gasteiger partial charge in [0.15, 0.2) is 0 Å². The first-order valence-corrected chi connectivity index (χ1v) is 12.5. The largest absolute Gasteiger partial charge is 0.497 e. The molecule has 0 atom stereocenters. The Balaban J connectivity index is 1.76. The lowest BCUT2D eigenvalue weighted by atomic mass is 9.92.